The van der Waals surface area contributed by atoms with Crippen molar-refractivity contribution in [1.82, 2.24) is 0 Å². The van der Waals surface area contributed by atoms with Gasteiger partial charge >= 0.3 is 0 Å². The van der Waals surface area contributed by atoms with Crippen LogP contribution in [0.3, 0.4) is 0 Å². The van der Waals surface area contributed by atoms with Crippen molar-refractivity contribution in [3.8, 4) is 11.5 Å². The maximum Gasteiger partial charge on any atom is 0.230 e. The van der Waals surface area contributed by atoms with Gasteiger partial charge in [-0.2, -0.15) is 0 Å². The third kappa shape index (κ3) is 4.48. The lowest BCUT2D eigenvalue weighted by Gasteiger charge is -2.09. The molecule has 0 saturated heterocycles. The molecule has 0 atom stereocenters. The van der Waals surface area contributed by atoms with Gasteiger partial charge in [0.2, 0.25) is 5.91 Å². The number of aryl methyl sites for hydroxylation is 2. The van der Waals surface area contributed by atoms with Gasteiger partial charge in [0.1, 0.15) is 11.5 Å². The van der Waals surface area contributed by atoms with E-state index in [0.717, 1.165) is 0 Å². The number of amides is 1. The molecule has 0 aliphatic heterocycles. The Labute approximate surface area is 130 Å². The highest BCUT2D eigenvalue weighted by atomic mass is 16.5. The standard InChI is InChI=1S/C17H20N2O3/c1-13-4-7-19(8-5-13)9-6-17(20)18-14-10-15(21-2)12-16(11-14)22-3/h4-5,7-8,10-12H,6,9H2,1-3H3/p+1. The number of nitrogens with zero attached hydrogens (tertiary/aromatic N) is 1. The van der Waals surface area contributed by atoms with Gasteiger partial charge in [-0.25, -0.2) is 4.57 Å². The Morgan fingerprint density at radius 2 is 1.68 bits per heavy atom. The number of benzene rings is 1. The number of carbonyl (C=O) groups excluding carboxylic acids is 1. The Kier molecular flexibility index (Phi) is 5.36. The molecule has 116 valence electrons. The lowest BCUT2D eigenvalue weighted by atomic mass is 10.2. The molecule has 0 aliphatic rings. The summed E-state index contributed by atoms with van der Waals surface area (Å²) >= 11 is 0. The zero-order valence-electron chi connectivity index (χ0n) is 13.1. The second-order valence-electron chi connectivity index (χ2n) is 5.01. The van der Waals surface area contributed by atoms with Crippen LogP contribution >= 0.6 is 0 Å². The van der Waals surface area contributed by atoms with E-state index >= 15 is 0 Å². The molecule has 1 N–H and O–H groups in total. The molecule has 2 aromatic rings. The molecular formula is C17H21N2O3+. The summed E-state index contributed by atoms with van der Waals surface area (Å²) in [6.07, 6.45) is 4.33. The van der Waals surface area contributed by atoms with Gasteiger partial charge in [-0.1, -0.05) is 0 Å². The number of pyridine rings is 1. The maximum absolute atomic E-state index is 12.0. The number of anilines is 1. The highest BCUT2D eigenvalue weighted by Gasteiger charge is 2.09. The number of carbonyl (C=O) groups is 1. The van der Waals surface area contributed by atoms with Gasteiger partial charge in [-0.3, -0.25) is 4.79 Å². The molecule has 5 nitrogen and oxygen atoms in total. The molecule has 0 aliphatic carbocycles. The van der Waals surface area contributed by atoms with Gasteiger partial charge in [0.05, 0.1) is 20.6 Å². The van der Waals surface area contributed by atoms with Gasteiger partial charge in [0, 0.05) is 36.0 Å². The van der Waals surface area contributed by atoms with Crippen LogP contribution in [0.5, 0.6) is 11.5 Å². The van der Waals surface area contributed by atoms with E-state index in [4.69, 9.17) is 9.47 Å². The quantitative estimate of drug-likeness (QED) is 0.833. The lowest BCUT2D eigenvalue weighted by Crippen LogP contribution is -2.34. The number of nitrogens with one attached hydrogen (secondary N) is 1. The zero-order valence-corrected chi connectivity index (χ0v) is 13.1. The van der Waals surface area contributed by atoms with Crippen LogP contribution < -0.4 is 19.4 Å². The largest absolute Gasteiger partial charge is 0.497 e. The molecule has 22 heavy (non-hydrogen) atoms. The lowest BCUT2D eigenvalue weighted by molar-refractivity contribution is -0.695. The number of rotatable bonds is 6. The van der Waals surface area contributed by atoms with Crippen molar-refractivity contribution < 1.29 is 18.8 Å². The van der Waals surface area contributed by atoms with Gasteiger partial charge < -0.3 is 14.8 Å². The van der Waals surface area contributed by atoms with E-state index in [0.29, 0.717) is 30.2 Å². The van der Waals surface area contributed by atoms with Gasteiger partial charge in [0.25, 0.3) is 0 Å². The van der Waals surface area contributed by atoms with Crippen LogP contribution in [-0.4, -0.2) is 20.1 Å². The normalized spacial score (nSPS) is 10.1. The zero-order chi connectivity index (χ0) is 15.9. The van der Waals surface area contributed by atoms with Crippen LogP contribution in [-0.2, 0) is 11.3 Å². The molecule has 0 bridgehead atoms. The second-order valence-corrected chi connectivity index (χ2v) is 5.01. The summed E-state index contributed by atoms with van der Waals surface area (Å²) in [7, 11) is 3.16. The van der Waals surface area contributed by atoms with E-state index in [1.54, 1.807) is 32.4 Å². The minimum atomic E-state index is -0.0524. The highest BCUT2D eigenvalue weighted by molar-refractivity contribution is 5.91. The van der Waals surface area contributed by atoms with Crippen LogP contribution in [0, 0.1) is 6.92 Å². The minimum absolute atomic E-state index is 0.0524. The molecule has 0 radical (unpaired) electrons. The average molecular weight is 301 g/mol. The van der Waals surface area contributed by atoms with Crippen molar-refractivity contribution in [3.63, 3.8) is 0 Å². The van der Waals surface area contributed by atoms with Crippen molar-refractivity contribution in [2.24, 2.45) is 0 Å². The Hall–Kier alpha value is -2.56. The second kappa shape index (κ2) is 7.45. The number of ether oxygens (including phenoxy) is 2. The van der Waals surface area contributed by atoms with Gasteiger partial charge in [0.15, 0.2) is 18.9 Å². The Balaban J connectivity index is 1.95. The third-order valence-corrected chi connectivity index (χ3v) is 3.29. The molecule has 0 fully saturated rings. The molecule has 1 aromatic carbocycles. The van der Waals surface area contributed by atoms with Crippen LogP contribution in [0.1, 0.15) is 12.0 Å². The first-order valence-electron chi connectivity index (χ1n) is 7.09. The van der Waals surface area contributed by atoms with E-state index in [9.17, 15) is 4.79 Å². The molecular weight excluding hydrogens is 280 g/mol. The van der Waals surface area contributed by atoms with Gasteiger partial charge in [-0.05, 0) is 12.5 Å². The molecule has 1 amide bonds. The highest BCUT2D eigenvalue weighted by Crippen LogP contribution is 2.25. The number of methoxy groups -OCH3 is 2. The van der Waals surface area contributed by atoms with Crippen molar-refractivity contribution in [2.75, 3.05) is 19.5 Å². The third-order valence-electron chi connectivity index (χ3n) is 3.29. The SMILES string of the molecule is COc1cc(NC(=O)CC[n+]2ccc(C)cc2)cc(OC)c1. The molecule has 0 spiro atoms. The predicted octanol–water partition coefficient (Wildman–Crippen LogP) is 2.33. The molecule has 5 heteroatoms. The van der Waals surface area contributed by atoms with Crippen molar-refractivity contribution in [2.45, 2.75) is 19.9 Å². The van der Waals surface area contributed by atoms with Crippen LogP contribution in [0.25, 0.3) is 0 Å². The minimum Gasteiger partial charge on any atom is -0.497 e. The van der Waals surface area contributed by atoms with Gasteiger partial charge in [-0.15, -0.1) is 0 Å². The van der Waals surface area contributed by atoms with Crippen molar-refractivity contribution in [1.29, 1.82) is 0 Å². The van der Waals surface area contributed by atoms with Crippen molar-refractivity contribution >= 4 is 11.6 Å². The first-order valence-corrected chi connectivity index (χ1v) is 7.09. The molecule has 2 rings (SSSR count). The Morgan fingerprint density at radius 3 is 2.23 bits per heavy atom. The molecule has 1 aromatic heterocycles. The Morgan fingerprint density at radius 1 is 1.09 bits per heavy atom. The number of aromatic nitrogens is 1. The smallest absolute Gasteiger partial charge is 0.230 e. The summed E-state index contributed by atoms with van der Waals surface area (Å²) < 4.78 is 12.4. The fraction of sp³-hybridized carbons (Fsp3) is 0.294. The summed E-state index contributed by atoms with van der Waals surface area (Å²) in [5.74, 6) is 1.23. The van der Waals surface area contributed by atoms with E-state index < -0.39 is 0 Å². The maximum atomic E-state index is 12.0. The summed E-state index contributed by atoms with van der Waals surface area (Å²) in [5, 5.41) is 2.86. The fourth-order valence-electron chi connectivity index (χ4n) is 2.01. The summed E-state index contributed by atoms with van der Waals surface area (Å²) in [6, 6.07) is 9.33. The summed E-state index contributed by atoms with van der Waals surface area (Å²) in [6.45, 7) is 2.67. The van der Waals surface area contributed by atoms with Crippen LogP contribution in [0.4, 0.5) is 5.69 Å². The van der Waals surface area contributed by atoms with E-state index in [-0.39, 0.29) is 5.91 Å². The van der Waals surface area contributed by atoms with E-state index in [1.165, 1.54) is 5.56 Å². The summed E-state index contributed by atoms with van der Waals surface area (Å²) in [5.41, 5.74) is 1.86. The fourth-order valence-corrected chi connectivity index (χ4v) is 2.01. The number of hydrogen-bond acceptors (Lipinski definition) is 3. The molecule has 0 saturated carbocycles. The summed E-state index contributed by atoms with van der Waals surface area (Å²) in [4.78, 5) is 12.0. The first-order chi connectivity index (χ1) is 10.6. The van der Waals surface area contributed by atoms with Crippen LogP contribution in [0.15, 0.2) is 42.7 Å². The van der Waals surface area contributed by atoms with Crippen molar-refractivity contribution in [3.05, 3.63) is 48.3 Å². The first kappa shape index (κ1) is 15.8. The van der Waals surface area contributed by atoms with Crippen LogP contribution in [0.2, 0.25) is 0 Å². The monoisotopic (exact) mass is 301 g/mol. The topological polar surface area (TPSA) is 51.4 Å². The number of hydrogen-bond donors (Lipinski definition) is 1. The predicted molar refractivity (Wildman–Crippen MR) is 84.2 cm³/mol. The van der Waals surface area contributed by atoms with E-state index in [2.05, 4.69) is 5.32 Å². The molecule has 0 unspecified atom stereocenters. The van der Waals surface area contributed by atoms with E-state index in [1.807, 2.05) is 36.0 Å². The Bertz CT molecular complexity index is 617. The average Bonchev–Trinajstić information content (AvgIpc) is 2.54. The molecule has 1 heterocycles.